The number of nitrogens with one attached hydrogen (secondary N) is 2. The maximum Gasteiger partial charge on any atom is 0.325 e. The third-order valence-corrected chi connectivity index (χ3v) is 5.08. The summed E-state index contributed by atoms with van der Waals surface area (Å²) >= 11 is 0. The predicted molar refractivity (Wildman–Crippen MR) is 98.2 cm³/mol. The number of urea groups is 1. The van der Waals surface area contributed by atoms with Gasteiger partial charge in [0.05, 0.1) is 0 Å². The third-order valence-electron chi connectivity index (χ3n) is 5.08. The van der Waals surface area contributed by atoms with Gasteiger partial charge in [-0.25, -0.2) is 4.79 Å². The summed E-state index contributed by atoms with van der Waals surface area (Å²) in [7, 11) is 0. The summed E-state index contributed by atoms with van der Waals surface area (Å²) in [5, 5.41) is 5.52. The second-order valence-corrected chi connectivity index (χ2v) is 7.02. The zero-order valence-electron chi connectivity index (χ0n) is 15.1. The van der Waals surface area contributed by atoms with E-state index in [2.05, 4.69) is 16.7 Å². The smallest absolute Gasteiger partial charge is 0.325 e. The van der Waals surface area contributed by atoms with Crippen molar-refractivity contribution in [3.63, 3.8) is 0 Å². The summed E-state index contributed by atoms with van der Waals surface area (Å²) in [6, 6.07) is 8.52. The van der Waals surface area contributed by atoms with Crippen molar-refractivity contribution >= 4 is 17.8 Å². The van der Waals surface area contributed by atoms with Crippen molar-refractivity contribution < 1.29 is 14.4 Å². The van der Waals surface area contributed by atoms with Crippen molar-refractivity contribution in [3.05, 3.63) is 47.5 Å². The summed E-state index contributed by atoms with van der Waals surface area (Å²) < 4.78 is 0. The van der Waals surface area contributed by atoms with E-state index in [4.69, 9.17) is 0 Å². The number of carbonyl (C=O) groups is 3. The van der Waals surface area contributed by atoms with E-state index < -0.39 is 17.5 Å². The van der Waals surface area contributed by atoms with Crippen LogP contribution in [0.2, 0.25) is 0 Å². The van der Waals surface area contributed by atoms with Crippen LogP contribution in [0.1, 0.15) is 44.6 Å². The number of allylic oxidation sites excluding steroid dienone is 1. The second kappa shape index (κ2) is 7.72. The maximum absolute atomic E-state index is 12.7. The molecule has 6 heteroatoms. The number of carbonyl (C=O) groups excluding carboxylic acids is 3. The number of nitrogens with zero attached hydrogens (tertiary/aromatic N) is 1. The molecule has 1 aliphatic heterocycles. The number of hydrogen-bond acceptors (Lipinski definition) is 3. The molecule has 1 fully saturated rings. The number of rotatable bonds is 6. The van der Waals surface area contributed by atoms with Gasteiger partial charge in [0.25, 0.3) is 5.91 Å². The van der Waals surface area contributed by atoms with Crippen molar-refractivity contribution in [3.8, 4) is 0 Å². The quantitative estimate of drug-likeness (QED) is 0.608. The molecule has 0 aromatic heterocycles. The van der Waals surface area contributed by atoms with E-state index in [9.17, 15) is 14.4 Å². The van der Waals surface area contributed by atoms with E-state index in [1.165, 1.54) is 18.4 Å². The van der Waals surface area contributed by atoms with Crippen molar-refractivity contribution in [1.82, 2.24) is 15.5 Å². The molecule has 1 saturated heterocycles. The van der Waals surface area contributed by atoms with E-state index in [0.717, 1.165) is 24.2 Å². The van der Waals surface area contributed by atoms with Crippen LogP contribution in [-0.2, 0) is 15.1 Å². The summed E-state index contributed by atoms with van der Waals surface area (Å²) in [5.41, 5.74) is 0.944. The molecule has 138 valence electrons. The molecule has 1 aliphatic carbocycles. The van der Waals surface area contributed by atoms with Gasteiger partial charge in [-0.15, -0.1) is 0 Å². The highest BCUT2D eigenvalue weighted by molar-refractivity contribution is 6.09. The summed E-state index contributed by atoms with van der Waals surface area (Å²) in [6.07, 6.45) is 7.73. The van der Waals surface area contributed by atoms with Gasteiger partial charge in [0.15, 0.2) is 0 Å². The van der Waals surface area contributed by atoms with Crippen LogP contribution in [0.4, 0.5) is 4.79 Å². The van der Waals surface area contributed by atoms with Gasteiger partial charge >= 0.3 is 6.03 Å². The Labute approximate surface area is 153 Å². The van der Waals surface area contributed by atoms with Gasteiger partial charge in [-0.3, -0.25) is 14.5 Å². The van der Waals surface area contributed by atoms with E-state index >= 15 is 0 Å². The lowest BCUT2D eigenvalue weighted by atomic mass is 9.92. The molecule has 6 nitrogen and oxygen atoms in total. The monoisotopic (exact) mass is 355 g/mol. The third kappa shape index (κ3) is 3.79. The topological polar surface area (TPSA) is 78.5 Å². The Bertz CT molecular complexity index is 729. The minimum Gasteiger partial charge on any atom is -0.354 e. The van der Waals surface area contributed by atoms with E-state index in [1.807, 2.05) is 18.2 Å². The molecule has 0 radical (unpaired) electrons. The second-order valence-electron chi connectivity index (χ2n) is 7.02. The van der Waals surface area contributed by atoms with Crippen LogP contribution in [0.15, 0.2) is 42.0 Å². The van der Waals surface area contributed by atoms with Crippen LogP contribution in [-0.4, -0.2) is 35.8 Å². The van der Waals surface area contributed by atoms with Gasteiger partial charge in [-0.2, -0.15) is 0 Å². The molecule has 4 amide bonds. The standard InChI is InChI=1S/C20H25N3O3/c1-20(16-10-6-3-7-11-16)18(25)23(19(26)22-20)14-17(24)21-13-12-15-8-4-2-5-9-15/h3,6-8,10-11H,2,4-5,9,12-14H2,1H3,(H,21,24)(H,22,26)/t20-/m1/s1. The van der Waals surface area contributed by atoms with Crippen molar-refractivity contribution in [2.24, 2.45) is 0 Å². The highest BCUT2D eigenvalue weighted by Gasteiger charge is 2.49. The van der Waals surface area contributed by atoms with Gasteiger partial charge in [0, 0.05) is 6.54 Å². The molecule has 2 aliphatic rings. The summed E-state index contributed by atoms with van der Waals surface area (Å²) in [6.45, 7) is 1.94. The van der Waals surface area contributed by atoms with Crippen LogP contribution >= 0.6 is 0 Å². The molecular formula is C20H25N3O3. The van der Waals surface area contributed by atoms with Crippen LogP contribution in [0, 0.1) is 0 Å². The Kier molecular flexibility index (Phi) is 5.40. The first-order valence-electron chi connectivity index (χ1n) is 9.15. The number of imide groups is 1. The SMILES string of the molecule is C[C@]1(c2ccccc2)NC(=O)N(CC(=O)NCCC2=CCCCC2)C1=O. The fraction of sp³-hybridized carbons (Fsp3) is 0.450. The number of hydrogen-bond donors (Lipinski definition) is 2. The highest BCUT2D eigenvalue weighted by Crippen LogP contribution is 2.28. The highest BCUT2D eigenvalue weighted by atomic mass is 16.2. The Morgan fingerprint density at radius 1 is 1.23 bits per heavy atom. The van der Waals surface area contributed by atoms with Gasteiger partial charge in [0.2, 0.25) is 5.91 Å². The van der Waals surface area contributed by atoms with Gasteiger partial charge in [-0.05, 0) is 44.6 Å². The van der Waals surface area contributed by atoms with Gasteiger partial charge in [0.1, 0.15) is 12.1 Å². The van der Waals surface area contributed by atoms with Crippen LogP contribution < -0.4 is 10.6 Å². The van der Waals surface area contributed by atoms with Gasteiger partial charge < -0.3 is 10.6 Å². The molecule has 1 aromatic rings. The molecule has 1 atom stereocenters. The first-order chi connectivity index (χ1) is 12.5. The first kappa shape index (κ1) is 18.2. The van der Waals surface area contributed by atoms with Crippen molar-refractivity contribution in [2.45, 2.75) is 44.6 Å². The molecule has 1 heterocycles. The average Bonchev–Trinajstić information content (AvgIpc) is 2.87. The Morgan fingerprint density at radius 3 is 2.69 bits per heavy atom. The molecule has 26 heavy (non-hydrogen) atoms. The fourth-order valence-corrected chi connectivity index (χ4v) is 3.50. The first-order valence-corrected chi connectivity index (χ1v) is 9.15. The lowest BCUT2D eigenvalue weighted by Crippen LogP contribution is -2.43. The number of benzene rings is 1. The molecule has 0 bridgehead atoms. The maximum atomic E-state index is 12.7. The van der Waals surface area contributed by atoms with E-state index in [-0.39, 0.29) is 12.5 Å². The Balaban J connectivity index is 1.56. The van der Waals surface area contributed by atoms with Crippen molar-refractivity contribution in [1.29, 1.82) is 0 Å². The van der Waals surface area contributed by atoms with Crippen LogP contribution in [0.3, 0.4) is 0 Å². The van der Waals surface area contributed by atoms with E-state index in [0.29, 0.717) is 12.1 Å². The normalized spacial score (nSPS) is 22.8. The Morgan fingerprint density at radius 2 is 2.00 bits per heavy atom. The zero-order chi connectivity index (χ0) is 18.6. The summed E-state index contributed by atoms with van der Waals surface area (Å²) in [5.74, 6) is -0.721. The largest absolute Gasteiger partial charge is 0.354 e. The molecule has 3 rings (SSSR count). The van der Waals surface area contributed by atoms with Gasteiger partial charge in [-0.1, -0.05) is 42.0 Å². The zero-order valence-corrected chi connectivity index (χ0v) is 15.1. The fourth-order valence-electron chi connectivity index (χ4n) is 3.50. The molecule has 0 spiro atoms. The lowest BCUT2D eigenvalue weighted by molar-refractivity contribution is -0.134. The predicted octanol–water partition coefficient (Wildman–Crippen LogP) is 2.46. The van der Waals surface area contributed by atoms with Crippen LogP contribution in [0.25, 0.3) is 0 Å². The molecule has 1 aromatic carbocycles. The molecule has 0 saturated carbocycles. The number of amides is 4. The minimum atomic E-state index is -1.13. The molecular weight excluding hydrogens is 330 g/mol. The van der Waals surface area contributed by atoms with Crippen molar-refractivity contribution in [2.75, 3.05) is 13.1 Å². The minimum absolute atomic E-state index is 0.258. The molecule has 0 unspecified atom stereocenters. The molecule has 2 N–H and O–H groups in total. The van der Waals surface area contributed by atoms with Crippen LogP contribution in [0.5, 0.6) is 0 Å². The summed E-state index contributed by atoms with van der Waals surface area (Å²) in [4.78, 5) is 38.1. The lowest BCUT2D eigenvalue weighted by Gasteiger charge is -2.22. The average molecular weight is 355 g/mol. The van der Waals surface area contributed by atoms with E-state index in [1.54, 1.807) is 19.1 Å². The Hall–Kier alpha value is -2.63.